The Hall–Kier alpha value is -1.57. The number of hydrogen-bond donors (Lipinski definition) is 1. The molecule has 1 fully saturated rings. The lowest BCUT2D eigenvalue weighted by atomic mass is 10.2. The van der Waals surface area contributed by atoms with Crippen LogP contribution in [0.4, 0.5) is 0 Å². The van der Waals surface area contributed by atoms with Crippen LogP contribution in [-0.4, -0.2) is 60.0 Å². The Bertz CT molecular complexity index is 682. The fourth-order valence-electron chi connectivity index (χ4n) is 2.77. The van der Waals surface area contributed by atoms with Crippen LogP contribution in [0.5, 0.6) is 0 Å². The van der Waals surface area contributed by atoms with Crippen molar-refractivity contribution in [3.05, 3.63) is 29.6 Å². The normalized spacial score (nSPS) is 17.3. The monoisotopic (exact) mass is 335 g/mol. The molecule has 2 heterocycles. The first kappa shape index (κ1) is 16.3. The second-order valence-electron chi connectivity index (χ2n) is 5.27. The summed E-state index contributed by atoms with van der Waals surface area (Å²) in [5, 5.41) is 0.141. The summed E-state index contributed by atoms with van der Waals surface area (Å²) in [4.78, 5) is 22.4. The molecule has 6 nitrogen and oxygen atoms in total. The van der Waals surface area contributed by atoms with Gasteiger partial charge in [0, 0.05) is 13.1 Å². The maximum atomic E-state index is 11.9. The molecule has 1 unspecified atom stereocenters. The molecule has 1 aliphatic rings. The molecule has 1 aromatic heterocycles. The number of imidazole rings is 1. The molecule has 1 aliphatic heterocycles. The minimum atomic E-state index is -0.361. The number of ether oxygens (including phenoxy) is 2. The lowest BCUT2D eigenvalue weighted by Crippen LogP contribution is -2.38. The van der Waals surface area contributed by atoms with E-state index in [4.69, 9.17) is 14.5 Å². The zero-order valence-corrected chi connectivity index (χ0v) is 14.2. The fraction of sp³-hybridized carbons (Fsp3) is 0.500. The summed E-state index contributed by atoms with van der Waals surface area (Å²) in [6.45, 7) is 5.40. The zero-order valence-electron chi connectivity index (χ0n) is 13.4. The molecular formula is C16H21N3O3S. The van der Waals surface area contributed by atoms with Gasteiger partial charge in [-0.2, -0.15) is 0 Å². The molecule has 0 aliphatic carbocycles. The molecular weight excluding hydrogens is 314 g/mol. The number of carbonyl (C=O) groups is 1. The van der Waals surface area contributed by atoms with Crippen molar-refractivity contribution in [3.8, 4) is 0 Å². The van der Waals surface area contributed by atoms with Crippen molar-refractivity contribution in [1.29, 1.82) is 0 Å². The van der Waals surface area contributed by atoms with E-state index < -0.39 is 0 Å². The molecule has 3 rings (SSSR count). The highest BCUT2D eigenvalue weighted by atomic mass is 32.2. The van der Waals surface area contributed by atoms with Crippen molar-refractivity contribution < 1.29 is 14.3 Å². The second kappa shape index (κ2) is 7.33. The SMILES string of the molecule is CCSC(c1nc2c(C(=O)OC)cccc2[nH]1)N1CCOCC1. The molecule has 124 valence electrons. The van der Waals surface area contributed by atoms with Crippen LogP contribution in [0, 0.1) is 0 Å². The number of morpholine rings is 1. The number of nitrogens with one attached hydrogen (secondary N) is 1. The third-order valence-corrected chi connectivity index (χ3v) is 5.04. The highest BCUT2D eigenvalue weighted by Crippen LogP contribution is 2.33. The first-order valence-corrected chi connectivity index (χ1v) is 8.79. The third kappa shape index (κ3) is 3.36. The van der Waals surface area contributed by atoms with Gasteiger partial charge in [-0.1, -0.05) is 13.0 Å². The number of hydrogen-bond acceptors (Lipinski definition) is 6. The quantitative estimate of drug-likeness (QED) is 0.847. The lowest BCUT2D eigenvalue weighted by Gasteiger charge is -2.32. The highest BCUT2D eigenvalue weighted by Gasteiger charge is 2.26. The average Bonchev–Trinajstić information content (AvgIpc) is 3.03. The van der Waals surface area contributed by atoms with Gasteiger partial charge in [-0.3, -0.25) is 4.90 Å². The smallest absolute Gasteiger partial charge is 0.340 e. The molecule has 0 saturated carbocycles. The van der Waals surface area contributed by atoms with E-state index in [0.29, 0.717) is 11.1 Å². The summed E-state index contributed by atoms with van der Waals surface area (Å²) < 4.78 is 10.3. The summed E-state index contributed by atoms with van der Waals surface area (Å²) in [6, 6.07) is 5.52. The Balaban J connectivity index is 1.98. The van der Waals surface area contributed by atoms with E-state index >= 15 is 0 Å². The van der Waals surface area contributed by atoms with Crippen molar-refractivity contribution >= 4 is 28.8 Å². The molecule has 0 radical (unpaired) electrons. The molecule has 1 N–H and O–H groups in total. The molecule has 0 spiro atoms. The van der Waals surface area contributed by atoms with Gasteiger partial charge >= 0.3 is 5.97 Å². The van der Waals surface area contributed by atoms with Gasteiger partial charge in [0.05, 0.1) is 31.4 Å². The summed E-state index contributed by atoms with van der Waals surface area (Å²) in [5.74, 6) is 1.51. The predicted octanol–water partition coefficient (Wildman–Crippen LogP) is 2.43. The van der Waals surface area contributed by atoms with Crippen LogP contribution in [0.25, 0.3) is 11.0 Å². The predicted molar refractivity (Wildman–Crippen MR) is 90.7 cm³/mol. The largest absolute Gasteiger partial charge is 0.465 e. The van der Waals surface area contributed by atoms with Gasteiger partial charge in [0.25, 0.3) is 0 Å². The molecule has 1 saturated heterocycles. The third-order valence-electron chi connectivity index (χ3n) is 3.87. The Morgan fingerprint density at radius 2 is 2.26 bits per heavy atom. The van der Waals surface area contributed by atoms with Crippen molar-refractivity contribution in [2.24, 2.45) is 0 Å². The molecule has 0 bridgehead atoms. The topological polar surface area (TPSA) is 67.5 Å². The van der Waals surface area contributed by atoms with Gasteiger partial charge in [-0.05, 0) is 17.9 Å². The molecule has 7 heteroatoms. The second-order valence-corrected chi connectivity index (χ2v) is 6.63. The average molecular weight is 335 g/mol. The highest BCUT2D eigenvalue weighted by molar-refractivity contribution is 7.99. The number of benzene rings is 1. The van der Waals surface area contributed by atoms with Crippen molar-refractivity contribution in [2.45, 2.75) is 12.3 Å². The number of methoxy groups -OCH3 is 1. The summed E-state index contributed by atoms with van der Waals surface area (Å²) in [6.07, 6.45) is 0. The van der Waals surface area contributed by atoms with Gasteiger partial charge in [0.2, 0.25) is 0 Å². The first-order chi connectivity index (χ1) is 11.2. The van der Waals surface area contributed by atoms with Crippen molar-refractivity contribution in [2.75, 3.05) is 39.2 Å². The van der Waals surface area contributed by atoms with E-state index in [1.54, 1.807) is 6.07 Å². The van der Waals surface area contributed by atoms with E-state index in [1.165, 1.54) is 7.11 Å². The van der Waals surface area contributed by atoms with Crippen LogP contribution in [0.2, 0.25) is 0 Å². The van der Waals surface area contributed by atoms with Crippen LogP contribution in [-0.2, 0) is 9.47 Å². The summed E-state index contributed by atoms with van der Waals surface area (Å²) in [7, 11) is 1.39. The van der Waals surface area contributed by atoms with Crippen molar-refractivity contribution in [3.63, 3.8) is 0 Å². The first-order valence-electron chi connectivity index (χ1n) is 7.75. The Morgan fingerprint density at radius 3 is 2.96 bits per heavy atom. The molecule has 0 amide bonds. The van der Waals surface area contributed by atoms with Crippen LogP contribution < -0.4 is 0 Å². The fourth-order valence-corrected chi connectivity index (χ4v) is 3.78. The Labute approximate surface area is 139 Å². The maximum absolute atomic E-state index is 11.9. The van der Waals surface area contributed by atoms with E-state index in [1.807, 2.05) is 23.9 Å². The Morgan fingerprint density at radius 1 is 1.48 bits per heavy atom. The number of thioether (sulfide) groups is 1. The van der Waals surface area contributed by atoms with Crippen LogP contribution in [0.1, 0.15) is 28.5 Å². The van der Waals surface area contributed by atoms with Gasteiger partial charge in [0.1, 0.15) is 16.7 Å². The number of esters is 1. The molecule has 1 atom stereocenters. The lowest BCUT2D eigenvalue weighted by molar-refractivity contribution is 0.0313. The standard InChI is InChI=1S/C16H21N3O3S/c1-3-23-15(19-7-9-22-10-8-19)14-17-12-6-4-5-11(13(12)18-14)16(20)21-2/h4-6,15H,3,7-10H2,1-2H3,(H,17,18). The van der Waals surface area contributed by atoms with E-state index in [-0.39, 0.29) is 11.3 Å². The zero-order chi connectivity index (χ0) is 16.2. The number of rotatable bonds is 5. The molecule has 1 aromatic carbocycles. The molecule has 2 aromatic rings. The van der Waals surface area contributed by atoms with Crippen LogP contribution >= 0.6 is 11.8 Å². The number of fused-ring (bicyclic) bond motifs is 1. The maximum Gasteiger partial charge on any atom is 0.340 e. The minimum Gasteiger partial charge on any atom is -0.465 e. The number of aromatic nitrogens is 2. The Kier molecular flexibility index (Phi) is 5.20. The van der Waals surface area contributed by atoms with Crippen molar-refractivity contribution in [1.82, 2.24) is 14.9 Å². The van der Waals surface area contributed by atoms with Gasteiger partial charge < -0.3 is 14.5 Å². The van der Waals surface area contributed by atoms with E-state index in [9.17, 15) is 4.79 Å². The number of H-pyrrole nitrogens is 1. The number of para-hydroxylation sites is 1. The van der Waals surface area contributed by atoms with Gasteiger partial charge in [-0.15, -0.1) is 11.8 Å². The summed E-state index contributed by atoms with van der Waals surface area (Å²) in [5.41, 5.74) is 2.02. The minimum absolute atomic E-state index is 0.141. The van der Waals surface area contributed by atoms with Crippen LogP contribution in [0.3, 0.4) is 0 Å². The van der Waals surface area contributed by atoms with E-state index in [0.717, 1.165) is 43.4 Å². The number of nitrogens with zero attached hydrogens (tertiary/aromatic N) is 2. The van der Waals surface area contributed by atoms with Crippen LogP contribution in [0.15, 0.2) is 18.2 Å². The van der Waals surface area contributed by atoms with E-state index in [2.05, 4.69) is 16.8 Å². The summed E-state index contributed by atoms with van der Waals surface area (Å²) >= 11 is 1.83. The number of aromatic amines is 1. The van der Waals surface area contributed by atoms with Gasteiger partial charge in [0.15, 0.2) is 0 Å². The number of carbonyl (C=O) groups excluding carboxylic acids is 1. The molecule has 23 heavy (non-hydrogen) atoms. The van der Waals surface area contributed by atoms with Gasteiger partial charge in [-0.25, -0.2) is 9.78 Å².